The largest absolute Gasteiger partial charge is 0.360 e. The maximum Gasteiger partial charge on any atom is 0.263 e. The first-order chi connectivity index (χ1) is 19.7. The number of carbonyl (C=O) groups excluding carboxylic acids is 1. The predicted octanol–water partition coefficient (Wildman–Crippen LogP) is 6.08. The van der Waals surface area contributed by atoms with Crippen LogP contribution in [-0.2, 0) is 11.0 Å². The molecule has 7 rings (SSSR count). The second-order valence-corrected chi connectivity index (χ2v) is 13.7. The van der Waals surface area contributed by atoms with Crippen LogP contribution in [0.4, 0.5) is 9.52 Å². The van der Waals surface area contributed by atoms with Gasteiger partial charge < -0.3 is 9.42 Å². The maximum absolute atomic E-state index is 14.8. The standard InChI is InChI=1S/C30H30FN5O3S2/c1-16-14-32-15-17(2)23(16)26-24(27(39-34-26)18-4-5-18)20-12-30(13-20)6-8-36(9-7-30)29-33-25-21(31)10-19(11-22(25)40-29)28(37)35-41(3)38/h10-12,14-15,18H,4-9,13H2,1-3H3,(H,35,37). The molecule has 1 saturated carbocycles. The molecule has 2 aliphatic carbocycles. The third kappa shape index (κ3) is 4.68. The second-order valence-electron chi connectivity index (χ2n) is 11.6. The SMILES string of the molecule is Cc1cncc(C)c1-c1noc(C2CC2)c1C1=CC2(CCN(c3nc4c(F)cc(C(=O)NS(C)=O)cc4s3)CC2)C1. The Balaban J connectivity index is 1.12. The molecular formula is C30H30FN5O3S2. The molecule has 1 N–H and O–H groups in total. The van der Waals surface area contributed by atoms with Crippen LogP contribution in [0.1, 0.15) is 70.8 Å². The Morgan fingerprint density at radius 2 is 1.88 bits per heavy atom. The van der Waals surface area contributed by atoms with Gasteiger partial charge in [-0.1, -0.05) is 22.6 Å². The number of aryl methyl sites for hydroxylation is 2. The zero-order valence-corrected chi connectivity index (χ0v) is 24.8. The number of pyridine rings is 1. The van der Waals surface area contributed by atoms with Gasteiger partial charge in [0.1, 0.15) is 28.0 Å². The Bertz CT molecular complexity index is 1740. The fourth-order valence-corrected chi connectivity index (χ4v) is 7.71. The van der Waals surface area contributed by atoms with Gasteiger partial charge in [-0.2, -0.15) is 0 Å². The lowest BCUT2D eigenvalue weighted by Gasteiger charge is -2.46. The zero-order valence-electron chi connectivity index (χ0n) is 23.1. The smallest absolute Gasteiger partial charge is 0.263 e. The van der Waals surface area contributed by atoms with Crippen LogP contribution in [0.2, 0.25) is 0 Å². The van der Waals surface area contributed by atoms with Gasteiger partial charge in [-0.25, -0.2) is 13.6 Å². The number of anilines is 1. The zero-order chi connectivity index (χ0) is 28.5. The highest BCUT2D eigenvalue weighted by Crippen LogP contribution is 2.56. The highest BCUT2D eigenvalue weighted by atomic mass is 32.2. The summed E-state index contributed by atoms with van der Waals surface area (Å²) in [6.07, 6.45) is 12.8. The van der Waals surface area contributed by atoms with Crippen LogP contribution in [0, 0.1) is 25.1 Å². The number of halogens is 1. The molecule has 4 heterocycles. The summed E-state index contributed by atoms with van der Waals surface area (Å²) in [5.41, 5.74) is 7.31. The summed E-state index contributed by atoms with van der Waals surface area (Å²) < 4.78 is 35.1. The monoisotopic (exact) mass is 591 g/mol. The summed E-state index contributed by atoms with van der Waals surface area (Å²) in [6, 6.07) is 2.78. The minimum Gasteiger partial charge on any atom is -0.360 e. The van der Waals surface area contributed by atoms with Crippen molar-refractivity contribution in [2.24, 2.45) is 5.41 Å². The molecule has 3 aromatic heterocycles. The van der Waals surface area contributed by atoms with Gasteiger partial charge in [-0.15, -0.1) is 0 Å². The summed E-state index contributed by atoms with van der Waals surface area (Å²) in [5.74, 6) is 0.379. The number of hydrogen-bond donors (Lipinski definition) is 1. The first-order valence-electron chi connectivity index (χ1n) is 13.8. The van der Waals surface area contributed by atoms with Crippen molar-refractivity contribution in [1.29, 1.82) is 0 Å². The Kier molecular flexibility index (Phi) is 6.35. The number of carbonyl (C=O) groups is 1. The number of thiazole rings is 1. The molecule has 4 aromatic rings. The fourth-order valence-electron chi connectivity index (χ4n) is 6.26. The van der Waals surface area contributed by atoms with Crippen LogP contribution in [-0.4, -0.2) is 44.6 Å². The number of amides is 1. The Morgan fingerprint density at radius 1 is 1.17 bits per heavy atom. The quantitative estimate of drug-likeness (QED) is 0.290. The minimum absolute atomic E-state index is 0.131. The number of nitrogens with one attached hydrogen (secondary N) is 1. The van der Waals surface area contributed by atoms with Crippen molar-refractivity contribution in [3.8, 4) is 11.3 Å². The van der Waals surface area contributed by atoms with E-state index in [4.69, 9.17) is 4.52 Å². The molecule has 1 aliphatic heterocycles. The number of piperidine rings is 1. The summed E-state index contributed by atoms with van der Waals surface area (Å²) in [6.45, 7) is 5.80. The Hall–Kier alpha value is -3.44. The molecular weight excluding hydrogens is 561 g/mol. The van der Waals surface area contributed by atoms with Gasteiger partial charge in [0.25, 0.3) is 5.91 Å². The summed E-state index contributed by atoms with van der Waals surface area (Å²) in [7, 11) is -1.52. The number of nitrogens with zero attached hydrogens (tertiary/aromatic N) is 4. The maximum atomic E-state index is 14.8. The van der Waals surface area contributed by atoms with E-state index >= 15 is 0 Å². The first-order valence-corrected chi connectivity index (χ1v) is 16.2. The van der Waals surface area contributed by atoms with Crippen LogP contribution in [0.5, 0.6) is 0 Å². The summed E-state index contributed by atoms with van der Waals surface area (Å²) in [5, 5.41) is 5.35. The van der Waals surface area contributed by atoms with Crippen molar-refractivity contribution >= 4 is 49.2 Å². The molecule has 41 heavy (non-hydrogen) atoms. The lowest BCUT2D eigenvalue weighted by molar-refractivity contribution is 0.0983. The highest BCUT2D eigenvalue weighted by molar-refractivity contribution is 7.82. The molecule has 1 amide bonds. The van der Waals surface area contributed by atoms with E-state index in [2.05, 4.69) is 44.7 Å². The average Bonchev–Trinajstić information content (AvgIpc) is 3.52. The van der Waals surface area contributed by atoms with E-state index in [1.807, 2.05) is 12.4 Å². The van der Waals surface area contributed by atoms with Crippen molar-refractivity contribution in [3.05, 3.63) is 64.4 Å². The molecule has 2 fully saturated rings. The van der Waals surface area contributed by atoms with Gasteiger partial charge >= 0.3 is 0 Å². The molecule has 1 aromatic carbocycles. The molecule has 0 bridgehead atoms. The Labute approximate surface area is 243 Å². The van der Waals surface area contributed by atoms with E-state index in [0.717, 1.165) is 84.5 Å². The van der Waals surface area contributed by atoms with E-state index in [0.29, 0.717) is 10.6 Å². The number of allylic oxidation sites excluding steroid dienone is 2. The molecule has 11 heteroatoms. The van der Waals surface area contributed by atoms with Gasteiger partial charge in [0.2, 0.25) is 0 Å². The summed E-state index contributed by atoms with van der Waals surface area (Å²) >= 11 is 1.38. The molecule has 3 aliphatic rings. The van der Waals surface area contributed by atoms with E-state index in [1.165, 1.54) is 28.7 Å². The molecule has 0 radical (unpaired) electrons. The number of hydrogen-bond acceptors (Lipinski definition) is 8. The normalized spacial score (nSPS) is 18.8. The van der Waals surface area contributed by atoms with Crippen molar-refractivity contribution < 1.29 is 17.9 Å². The lowest BCUT2D eigenvalue weighted by atomic mass is 9.63. The average molecular weight is 592 g/mol. The molecule has 1 atom stereocenters. The molecule has 1 saturated heterocycles. The van der Waals surface area contributed by atoms with Crippen LogP contribution >= 0.6 is 11.3 Å². The van der Waals surface area contributed by atoms with Gasteiger partial charge in [0, 0.05) is 54.3 Å². The van der Waals surface area contributed by atoms with Gasteiger partial charge in [-0.05, 0) is 80.2 Å². The van der Waals surface area contributed by atoms with Gasteiger partial charge in [0.05, 0.1) is 4.70 Å². The van der Waals surface area contributed by atoms with Crippen molar-refractivity contribution in [2.45, 2.75) is 51.9 Å². The Morgan fingerprint density at radius 3 is 2.54 bits per heavy atom. The van der Waals surface area contributed by atoms with Crippen LogP contribution in [0.15, 0.2) is 35.1 Å². The van der Waals surface area contributed by atoms with Crippen LogP contribution in [0.25, 0.3) is 27.0 Å². The second kappa shape index (κ2) is 9.84. The van der Waals surface area contributed by atoms with E-state index in [-0.39, 0.29) is 16.5 Å². The fraction of sp³-hybridized carbons (Fsp3) is 0.400. The number of aromatic nitrogens is 3. The third-order valence-corrected chi connectivity index (χ3v) is 10.1. The lowest BCUT2D eigenvalue weighted by Crippen LogP contribution is -2.42. The number of fused-ring (bicyclic) bond motifs is 1. The summed E-state index contributed by atoms with van der Waals surface area (Å²) in [4.78, 5) is 23.4. The highest BCUT2D eigenvalue weighted by Gasteiger charge is 2.44. The topological polar surface area (TPSA) is 101 Å². The number of benzene rings is 1. The predicted molar refractivity (Wildman–Crippen MR) is 159 cm³/mol. The number of rotatable bonds is 6. The first kappa shape index (κ1) is 26.5. The molecule has 1 unspecified atom stereocenters. The third-order valence-electron chi connectivity index (χ3n) is 8.54. The van der Waals surface area contributed by atoms with Gasteiger partial charge in [-0.3, -0.25) is 14.5 Å². The van der Waals surface area contributed by atoms with Crippen molar-refractivity contribution in [1.82, 2.24) is 19.8 Å². The van der Waals surface area contributed by atoms with E-state index in [1.54, 1.807) is 6.07 Å². The molecule has 1 spiro atoms. The van der Waals surface area contributed by atoms with E-state index in [9.17, 15) is 13.4 Å². The van der Waals surface area contributed by atoms with Gasteiger partial charge in [0.15, 0.2) is 10.9 Å². The van der Waals surface area contributed by atoms with E-state index < -0.39 is 22.7 Å². The van der Waals surface area contributed by atoms with Crippen molar-refractivity contribution in [2.75, 3.05) is 24.2 Å². The van der Waals surface area contributed by atoms with Crippen LogP contribution < -0.4 is 9.62 Å². The molecule has 212 valence electrons. The molecule has 8 nitrogen and oxygen atoms in total. The van der Waals surface area contributed by atoms with Crippen molar-refractivity contribution in [3.63, 3.8) is 0 Å². The van der Waals surface area contributed by atoms with Crippen LogP contribution in [0.3, 0.4) is 0 Å². The minimum atomic E-state index is -1.52.